The molecule has 2 aromatic rings. The van der Waals surface area contributed by atoms with Gasteiger partial charge in [0.15, 0.2) is 0 Å². The van der Waals surface area contributed by atoms with Crippen LogP contribution in [0.2, 0.25) is 0 Å². The molecule has 1 heterocycles. The first-order chi connectivity index (χ1) is 12.1. The Balaban J connectivity index is 1.45. The standard InChI is InChI=1S/C19H22N2O2S2/c20-18(23)17-14-8-4-9-15(14)25-19(17)21-16(22)10-5-11-24-12-13-6-2-1-3-7-13/h1-3,6-7H,4-5,8-12H2,(H2,20,23)(H,21,22). The second-order valence-electron chi connectivity index (χ2n) is 6.12. The molecule has 0 aliphatic heterocycles. The number of nitrogens with two attached hydrogens (primary N) is 1. The molecule has 0 spiro atoms. The van der Waals surface area contributed by atoms with E-state index in [0.29, 0.717) is 17.0 Å². The van der Waals surface area contributed by atoms with Crippen molar-refractivity contribution < 1.29 is 9.59 Å². The molecular formula is C19H22N2O2S2. The molecule has 0 fully saturated rings. The summed E-state index contributed by atoms with van der Waals surface area (Å²) in [6, 6.07) is 10.3. The van der Waals surface area contributed by atoms with Gasteiger partial charge in [-0.1, -0.05) is 30.3 Å². The van der Waals surface area contributed by atoms with Gasteiger partial charge in [0.1, 0.15) is 5.00 Å². The number of amides is 2. The van der Waals surface area contributed by atoms with Gasteiger partial charge in [-0.25, -0.2) is 0 Å². The van der Waals surface area contributed by atoms with Gasteiger partial charge in [0.05, 0.1) is 5.56 Å². The number of thioether (sulfide) groups is 1. The number of carbonyl (C=O) groups excluding carboxylic acids is 2. The second-order valence-corrected chi connectivity index (χ2v) is 8.33. The Kier molecular flexibility index (Phi) is 6.15. The van der Waals surface area contributed by atoms with Gasteiger partial charge in [-0.2, -0.15) is 11.8 Å². The Hall–Kier alpha value is -1.79. The molecule has 3 rings (SSSR count). The van der Waals surface area contributed by atoms with E-state index in [1.807, 2.05) is 30.0 Å². The molecule has 0 radical (unpaired) electrons. The van der Waals surface area contributed by atoms with E-state index in [4.69, 9.17) is 5.73 Å². The Morgan fingerprint density at radius 2 is 2.00 bits per heavy atom. The summed E-state index contributed by atoms with van der Waals surface area (Å²) in [7, 11) is 0. The van der Waals surface area contributed by atoms with E-state index < -0.39 is 5.91 Å². The number of fused-ring (bicyclic) bond motifs is 1. The molecule has 6 heteroatoms. The van der Waals surface area contributed by atoms with Crippen LogP contribution in [0.5, 0.6) is 0 Å². The third kappa shape index (κ3) is 4.64. The highest BCUT2D eigenvalue weighted by Crippen LogP contribution is 2.38. The van der Waals surface area contributed by atoms with Crippen molar-refractivity contribution in [2.75, 3.05) is 11.1 Å². The quantitative estimate of drug-likeness (QED) is 0.686. The minimum atomic E-state index is -0.437. The maximum Gasteiger partial charge on any atom is 0.251 e. The lowest BCUT2D eigenvalue weighted by molar-refractivity contribution is -0.116. The van der Waals surface area contributed by atoms with Gasteiger partial charge >= 0.3 is 0 Å². The molecule has 0 saturated carbocycles. The van der Waals surface area contributed by atoms with E-state index in [-0.39, 0.29) is 5.91 Å². The van der Waals surface area contributed by atoms with Crippen LogP contribution in [0, 0.1) is 0 Å². The normalized spacial score (nSPS) is 12.8. The number of hydrogen-bond acceptors (Lipinski definition) is 4. The molecule has 0 bridgehead atoms. The molecule has 2 amide bonds. The van der Waals surface area contributed by atoms with Gasteiger partial charge in [-0.15, -0.1) is 11.3 Å². The van der Waals surface area contributed by atoms with Crippen molar-refractivity contribution in [1.29, 1.82) is 0 Å². The molecule has 25 heavy (non-hydrogen) atoms. The van der Waals surface area contributed by atoms with Crippen LogP contribution in [0.4, 0.5) is 5.00 Å². The monoisotopic (exact) mass is 374 g/mol. The highest BCUT2D eigenvalue weighted by Gasteiger charge is 2.25. The number of aryl methyl sites for hydroxylation is 1. The first-order valence-electron chi connectivity index (χ1n) is 8.51. The van der Waals surface area contributed by atoms with E-state index in [2.05, 4.69) is 17.4 Å². The number of thiophene rings is 1. The molecule has 0 atom stereocenters. The first kappa shape index (κ1) is 18.0. The fraction of sp³-hybridized carbons (Fsp3) is 0.368. The summed E-state index contributed by atoms with van der Waals surface area (Å²) in [5.74, 6) is 1.42. The highest BCUT2D eigenvalue weighted by atomic mass is 32.2. The van der Waals surface area contributed by atoms with Crippen LogP contribution >= 0.6 is 23.1 Å². The molecule has 0 saturated heterocycles. The van der Waals surface area contributed by atoms with Gasteiger partial charge < -0.3 is 11.1 Å². The molecule has 1 aliphatic rings. The lowest BCUT2D eigenvalue weighted by Crippen LogP contribution is -2.17. The number of nitrogens with one attached hydrogen (secondary N) is 1. The summed E-state index contributed by atoms with van der Waals surface area (Å²) in [4.78, 5) is 25.1. The second kappa shape index (κ2) is 8.54. The lowest BCUT2D eigenvalue weighted by Gasteiger charge is -2.06. The van der Waals surface area contributed by atoms with E-state index in [0.717, 1.165) is 42.8 Å². The molecule has 1 aromatic carbocycles. The molecule has 3 N–H and O–H groups in total. The highest BCUT2D eigenvalue weighted by molar-refractivity contribution is 7.98. The molecule has 4 nitrogen and oxygen atoms in total. The van der Waals surface area contributed by atoms with Gasteiger partial charge in [0.25, 0.3) is 5.91 Å². The first-order valence-corrected chi connectivity index (χ1v) is 10.5. The maximum absolute atomic E-state index is 12.2. The zero-order valence-electron chi connectivity index (χ0n) is 14.0. The number of primary amides is 1. The van der Waals surface area contributed by atoms with E-state index >= 15 is 0 Å². The summed E-state index contributed by atoms with van der Waals surface area (Å²) >= 11 is 3.34. The Labute approximate surface area is 156 Å². The van der Waals surface area contributed by atoms with E-state index in [1.165, 1.54) is 21.8 Å². The van der Waals surface area contributed by atoms with Crippen LogP contribution in [-0.4, -0.2) is 17.6 Å². The van der Waals surface area contributed by atoms with Crippen molar-refractivity contribution in [3.05, 3.63) is 51.9 Å². The Morgan fingerprint density at radius 3 is 2.76 bits per heavy atom. The number of benzene rings is 1. The number of carbonyl (C=O) groups is 2. The Morgan fingerprint density at radius 1 is 1.20 bits per heavy atom. The third-order valence-electron chi connectivity index (χ3n) is 4.22. The van der Waals surface area contributed by atoms with Crippen LogP contribution in [0.3, 0.4) is 0 Å². The average molecular weight is 375 g/mol. The van der Waals surface area contributed by atoms with Crippen molar-refractivity contribution >= 4 is 39.9 Å². The van der Waals surface area contributed by atoms with Crippen molar-refractivity contribution in [1.82, 2.24) is 0 Å². The zero-order chi connectivity index (χ0) is 17.6. The molecule has 0 unspecified atom stereocenters. The fourth-order valence-electron chi connectivity index (χ4n) is 3.04. The van der Waals surface area contributed by atoms with Crippen LogP contribution < -0.4 is 11.1 Å². The summed E-state index contributed by atoms with van der Waals surface area (Å²) in [5, 5.41) is 3.54. The zero-order valence-corrected chi connectivity index (χ0v) is 15.7. The van der Waals surface area contributed by atoms with Crippen LogP contribution in [-0.2, 0) is 23.4 Å². The van der Waals surface area contributed by atoms with Gasteiger partial charge in [0.2, 0.25) is 5.91 Å². The van der Waals surface area contributed by atoms with Gasteiger partial charge in [-0.05, 0) is 42.6 Å². The van der Waals surface area contributed by atoms with Crippen LogP contribution in [0.25, 0.3) is 0 Å². The van der Waals surface area contributed by atoms with Crippen molar-refractivity contribution in [2.24, 2.45) is 5.73 Å². The largest absolute Gasteiger partial charge is 0.365 e. The van der Waals surface area contributed by atoms with E-state index in [1.54, 1.807) is 0 Å². The molecule has 1 aromatic heterocycles. The number of rotatable bonds is 8. The Bertz CT molecular complexity index is 756. The van der Waals surface area contributed by atoms with Crippen molar-refractivity contribution in [2.45, 2.75) is 37.9 Å². The molecular weight excluding hydrogens is 352 g/mol. The average Bonchev–Trinajstić information content (AvgIpc) is 3.15. The number of hydrogen-bond donors (Lipinski definition) is 2. The summed E-state index contributed by atoms with van der Waals surface area (Å²) in [6.07, 6.45) is 4.21. The lowest BCUT2D eigenvalue weighted by atomic mass is 10.1. The molecule has 1 aliphatic carbocycles. The fourth-order valence-corrected chi connectivity index (χ4v) is 5.27. The van der Waals surface area contributed by atoms with Crippen LogP contribution in [0.15, 0.2) is 30.3 Å². The summed E-state index contributed by atoms with van der Waals surface area (Å²) in [6.45, 7) is 0. The van der Waals surface area contributed by atoms with E-state index in [9.17, 15) is 9.59 Å². The third-order valence-corrected chi connectivity index (χ3v) is 6.55. The molecule has 132 valence electrons. The topological polar surface area (TPSA) is 72.2 Å². The van der Waals surface area contributed by atoms with Crippen LogP contribution in [0.1, 0.15) is 45.6 Å². The van der Waals surface area contributed by atoms with Gasteiger partial charge in [-0.3, -0.25) is 9.59 Å². The van der Waals surface area contributed by atoms with Crippen molar-refractivity contribution in [3.8, 4) is 0 Å². The summed E-state index contributed by atoms with van der Waals surface area (Å²) in [5.41, 5.74) is 8.40. The predicted molar refractivity (Wildman–Crippen MR) is 105 cm³/mol. The van der Waals surface area contributed by atoms with Crippen molar-refractivity contribution in [3.63, 3.8) is 0 Å². The SMILES string of the molecule is NC(=O)c1c(NC(=O)CCCSCc2ccccc2)sc2c1CCC2. The predicted octanol–water partition coefficient (Wildman–Crippen LogP) is 3.99. The van der Waals surface area contributed by atoms with Gasteiger partial charge in [0, 0.05) is 17.1 Å². The maximum atomic E-state index is 12.2. The minimum absolute atomic E-state index is 0.0391. The smallest absolute Gasteiger partial charge is 0.251 e. The summed E-state index contributed by atoms with van der Waals surface area (Å²) < 4.78 is 0. The minimum Gasteiger partial charge on any atom is -0.365 e. The number of anilines is 1.